The van der Waals surface area contributed by atoms with Crippen LogP contribution in [0.15, 0.2) is 9.59 Å². The van der Waals surface area contributed by atoms with Crippen molar-refractivity contribution in [1.29, 1.82) is 0 Å². The molecule has 18 heavy (non-hydrogen) atoms. The maximum absolute atomic E-state index is 13.3. The number of nitrogens with one attached hydrogen (secondary N) is 1. The van der Waals surface area contributed by atoms with Crippen LogP contribution in [0.4, 0.5) is 4.39 Å². The normalized spacial score (nSPS) is 19.4. The minimum Gasteiger partial charge on any atom is -0.492 e. The van der Waals surface area contributed by atoms with Crippen molar-refractivity contribution >= 4 is 0 Å². The van der Waals surface area contributed by atoms with Gasteiger partial charge in [-0.2, -0.15) is 4.39 Å². The molecule has 0 unspecified atom stereocenters. The zero-order valence-corrected chi connectivity index (χ0v) is 9.86. The van der Waals surface area contributed by atoms with Crippen LogP contribution in [0.25, 0.3) is 0 Å². The van der Waals surface area contributed by atoms with Crippen molar-refractivity contribution in [3.8, 4) is 5.88 Å². The number of H-pyrrole nitrogens is 1. The monoisotopic (exact) mass is 254 g/mol. The Hall–Kier alpha value is -1.59. The van der Waals surface area contributed by atoms with E-state index < -0.39 is 22.9 Å². The first kappa shape index (κ1) is 11.5. The van der Waals surface area contributed by atoms with Crippen LogP contribution in [0.1, 0.15) is 25.7 Å². The van der Waals surface area contributed by atoms with E-state index in [9.17, 15) is 19.1 Å². The molecule has 1 aromatic rings. The van der Waals surface area contributed by atoms with E-state index in [2.05, 4.69) is 0 Å². The summed E-state index contributed by atoms with van der Waals surface area (Å²) in [5.74, 6) is -0.633. The van der Waals surface area contributed by atoms with Crippen molar-refractivity contribution in [2.75, 3.05) is 0 Å². The summed E-state index contributed by atoms with van der Waals surface area (Å²) < 4.78 is 14.3. The van der Waals surface area contributed by atoms with Crippen LogP contribution in [0.2, 0.25) is 0 Å². The molecule has 0 atom stereocenters. The maximum atomic E-state index is 13.3. The number of aromatic nitrogens is 2. The van der Waals surface area contributed by atoms with Crippen LogP contribution in [-0.2, 0) is 6.54 Å². The Bertz CT molecular complexity index is 572. The molecule has 2 aliphatic rings. The van der Waals surface area contributed by atoms with E-state index in [1.165, 1.54) is 0 Å². The predicted octanol–water partition coefficient (Wildman–Crippen LogP) is 0.817. The van der Waals surface area contributed by atoms with Gasteiger partial charge >= 0.3 is 5.69 Å². The smallest absolute Gasteiger partial charge is 0.331 e. The third kappa shape index (κ3) is 1.95. The van der Waals surface area contributed by atoms with Gasteiger partial charge in [0.1, 0.15) is 0 Å². The van der Waals surface area contributed by atoms with Crippen LogP contribution in [0, 0.1) is 23.6 Å². The molecule has 5 nitrogen and oxygen atoms in total. The molecule has 2 aliphatic carbocycles. The van der Waals surface area contributed by atoms with Gasteiger partial charge in [-0.3, -0.25) is 14.3 Å². The zero-order chi connectivity index (χ0) is 12.9. The molecule has 0 bridgehead atoms. The zero-order valence-electron chi connectivity index (χ0n) is 9.86. The van der Waals surface area contributed by atoms with Gasteiger partial charge < -0.3 is 5.11 Å². The summed E-state index contributed by atoms with van der Waals surface area (Å²) >= 11 is 0. The number of aromatic hydroxyl groups is 1. The number of hydrogen-bond acceptors (Lipinski definition) is 3. The van der Waals surface area contributed by atoms with Gasteiger partial charge in [0.05, 0.1) is 0 Å². The molecule has 2 N–H and O–H groups in total. The summed E-state index contributed by atoms with van der Waals surface area (Å²) in [7, 11) is 0. The molecule has 2 saturated carbocycles. The molecule has 0 aromatic carbocycles. The highest BCUT2D eigenvalue weighted by molar-refractivity contribution is 5.10. The fourth-order valence-electron chi connectivity index (χ4n) is 2.65. The second-order valence-electron chi connectivity index (χ2n) is 5.35. The Kier molecular flexibility index (Phi) is 2.53. The van der Waals surface area contributed by atoms with Gasteiger partial charge in [0.2, 0.25) is 11.7 Å². The van der Waals surface area contributed by atoms with Gasteiger partial charge in [-0.25, -0.2) is 4.79 Å². The van der Waals surface area contributed by atoms with Crippen molar-refractivity contribution in [2.45, 2.75) is 32.2 Å². The highest BCUT2D eigenvalue weighted by atomic mass is 19.1. The van der Waals surface area contributed by atoms with E-state index >= 15 is 0 Å². The van der Waals surface area contributed by atoms with E-state index in [0.29, 0.717) is 24.3 Å². The second kappa shape index (κ2) is 3.96. The molecule has 3 rings (SSSR count). The lowest BCUT2D eigenvalue weighted by Crippen LogP contribution is -2.34. The lowest BCUT2D eigenvalue weighted by molar-refractivity contribution is 0.295. The van der Waals surface area contributed by atoms with Crippen molar-refractivity contribution < 1.29 is 9.50 Å². The average Bonchev–Trinajstić information content (AvgIpc) is 3.17. The molecule has 0 saturated heterocycles. The average molecular weight is 254 g/mol. The molecule has 0 amide bonds. The first-order chi connectivity index (χ1) is 8.58. The summed E-state index contributed by atoms with van der Waals surface area (Å²) in [4.78, 5) is 24.5. The third-order valence-corrected chi connectivity index (χ3v) is 3.97. The highest BCUT2D eigenvalue weighted by Gasteiger charge is 2.41. The SMILES string of the molecule is O=c1[nH]c(=O)n(CC(C2CC2)C2CC2)c(O)c1F. The molecule has 6 heteroatoms. The molecule has 1 heterocycles. The fraction of sp³-hybridized carbons (Fsp3) is 0.667. The summed E-state index contributed by atoms with van der Waals surface area (Å²) in [6.45, 7) is 0.299. The van der Waals surface area contributed by atoms with Gasteiger partial charge in [0, 0.05) is 6.54 Å². The van der Waals surface area contributed by atoms with Gasteiger partial charge in [-0.1, -0.05) is 0 Å². The van der Waals surface area contributed by atoms with Crippen LogP contribution >= 0.6 is 0 Å². The van der Waals surface area contributed by atoms with Crippen LogP contribution in [0.5, 0.6) is 5.88 Å². The molecule has 0 aliphatic heterocycles. The Morgan fingerprint density at radius 3 is 2.33 bits per heavy atom. The Labute approximate surface area is 102 Å². The van der Waals surface area contributed by atoms with Gasteiger partial charge in [0.25, 0.3) is 5.56 Å². The molecule has 98 valence electrons. The summed E-state index contributed by atoms with van der Waals surface area (Å²) in [5, 5.41) is 9.58. The first-order valence-electron chi connectivity index (χ1n) is 6.29. The molecule has 0 spiro atoms. The van der Waals surface area contributed by atoms with E-state index in [4.69, 9.17) is 0 Å². The van der Waals surface area contributed by atoms with Crippen molar-refractivity contribution in [1.82, 2.24) is 9.55 Å². The van der Waals surface area contributed by atoms with Crippen molar-refractivity contribution in [3.63, 3.8) is 0 Å². The highest BCUT2D eigenvalue weighted by Crippen LogP contribution is 2.49. The lowest BCUT2D eigenvalue weighted by atomic mass is 9.98. The first-order valence-corrected chi connectivity index (χ1v) is 6.29. The van der Waals surface area contributed by atoms with Gasteiger partial charge in [-0.05, 0) is 43.4 Å². The van der Waals surface area contributed by atoms with E-state index in [-0.39, 0.29) is 0 Å². The topological polar surface area (TPSA) is 75.1 Å². The molecular formula is C12H15FN2O3. The molecule has 1 aromatic heterocycles. The molecule has 2 fully saturated rings. The van der Waals surface area contributed by atoms with Crippen LogP contribution < -0.4 is 11.2 Å². The number of rotatable bonds is 4. The van der Waals surface area contributed by atoms with E-state index in [1.807, 2.05) is 4.98 Å². The van der Waals surface area contributed by atoms with E-state index in [1.54, 1.807) is 0 Å². The van der Waals surface area contributed by atoms with E-state index in [0.717, 1.165) is 30.3 Å². The predicted molar refractivity (Wildman–Crippen MR) is 61.9 cm³/mol. The summed E-state index contributed by atoms with van der Waals surface area (Å²) in [6.07, 6.45) is 4.57. The number of aromatic amines is 1. The second-order valence-corrected chi connectivity index (χ2v) is 5.35. The minimum absolute atomic E-state index is 0.299. The Morgan fingerprint density at radius 2 is 1.83 bits per heavy atom. The summed E-state index contributed by atoms with van der Waals surface area (Å²) in [6, 6.07) is 0. The largest absolute Gasteiger partial charge is 0.492 e. The Balaban J connectivity index is 1.94. The van der Waals surface area contributed by atoms with Crippen LogP contribution in [-0.4, -0.2) is 14.7 Å². The number of halogens is 1. The Morgan fingerprint density at radius 1 is 1.28 bits per heavy atom. The van der Waals surface area contributed by atoms with Crippen molar-refractivity contribution in [2.24, 2.45) is 17.8 Å². The van der Waals surface area contributed by atoms with Crippen LogP contribution in [0.3, 0.4) is 0 Å². The van der Waals surface area contributed by atoms with Crippen molar-refractivity contribution in [3.05, 3.63) is 26.7 Å². The lowest BCUT2D eigenvalue weighted by Gasteiger charge is -2.17. The number of hydrogen-bond donors (Lipinski definition) is 2. The third-order valence-electron chi connectivity index (χ3n) is 3.97. The quantitative estimate of drug-likeness (QED) is 0.835. The fourth-order valence-corrected chi connectivity index (χ4v) is 2.65. The summed E-state index contributed by atoms with van der Waals surface area (Å²) in [5.41, 5.74) is -1.90. The molecule has 0 radical (unpaired) electrons. The number of nitrogens with zero attached hydrogens (tertiary/aromatic N) is 1. The minimum atomic E-state index is -1.28. The maximum Gasteiger partial charge on any atom is 0.331 e. The van der Waals surface area contributed by atoms with Gasteiger partial charge in [-0.15, -0.1) is 0 Å². The van der Waals surface area contributed by atoms with Gasteiger partial charge in [0.15, 0.2) is 0 Å². The molecular weight excluding hydrogens is 239 g/mol. The standard InChI is InChI=1S/C12H15FN2O3/c13-9-10(16)14-12(18)15(11(9)17)5-8(6-1-2-6)7-3-4-7/h6-8,17H,1-5H2,(H,14,16,18).